The van der Waals surface area contributed by atoms with Crippen molar-refractivity contribution in [2.24, 2.45) is 10.5 Å². The molecule has 0 fully saturated rings. The number of carbonyl (C=O) groups excluding carboxylic acids is 1. The molecule has 0 aliphatic carbocycles. The van der Waals surface area contributed by atoms with Crippen molar-refractivity contribution in [3.63, 3.8) is 0 Å². The van der Waals surface area contributed by atoms with Crippen molar-refractivity contribution in [3.05, 3.63) is 84.9 Å². The van der Waals surface area contributed by atoms with Gasteiger partial charge in [-0.15, -0.1) is 10.5 Å². The first-order chi connectivity index (χ1) is 13.9. The van der Waals surface area contributed by atoms with Crippen LogP contribution in [0, 0.1) is 5.41 Å². The second-order valence-corrected chi connectivity index (χ2v) is 7.93. The summed E-state index contributed by atoms with van der Waals surface area (Å²) in [6.07, 6.45) is 0. The van der Waals surface area contributed by atoms with Gasteiger partial charge in [-0.2, -0.15) is 10.0 Å². The van der Waals surface area contributed by atoms with E-state index in [1.165, 1.54) is 10.0 Å². The Kier molecular flexibility index (Phi) is 4.80. The molecule has 5 heteroatoms. The van der Waals surface area contributed by atoms with Crippen molar-refractivity contribution in [2.75, 3.05) is 10.0 Å². The summed E-state index contributed by atoms with van der Waals surface area (Å²) in [6, 6.07) is 27.1. The molecule has 1 aliphatic rings. The highest BCUT2D eigenvalue weighted by molar-refractivity contribution is 6.09. The van der Waals surface area contributed by atoms with Crippen LogP contribution in [0.25, 0.3) is 11.1 Å². The number of hydrazone groups is 1. The molecule has 1 aliphatic heterocycles. The third-order valence-corrected chi connectivity index (χ3v) is 4.64. The third-order valence-electron chi connectivity index (χ3n) is 4.64. The van der Waals surface area contributed by atoms with E-state index in [9.17, 15) is 4.79 Å². The Morgan fingerprint density at radius 1 is 0.655 bits per heavy atom. The minimum atomic E-state index is -0.310. The Balaban J connectivity index is 1.70. The maximum absolute atomic E-state index is 13.2. The number of para-hydroxylation sites is 1. The number of amidine groups is 1. The fourth-order valence-electron chi connectivity index (χ4n) is 3.02. The molecule has 1 heterocycles. The van der Waals surface area contributed by atoms with Crippen molar-refractivity contribution in [1.29, 1.82) is 0 Å². The molecule has 0 spiro atoms. The summed E-state index contributed by atoms with van der Waals surface area (Å²) in [5, 5.41) is 7.38. The Morgan fingerprint density at radius 2 is 1.17 bits per heavy atom. The first-order valence-corrected chi connectivity index (χ1v) is 9.59. The second kappa shape index (κ2) is 7.43. The molecule has 0 atom stereocenters. The van der Waals surface area contributed by atoms with Crippen molar-refractivity contribution in [2.45, 2.75) is 20.8 Å². The average Bonchev–Trinajstić information content (AvgIpc) is 2.74. The zero-order valence-electron chi connectivity index (χ0n) is 16.8. The maximum atomic E-state index is 13.2. The third kappa shape index (κ3) is 3.85. The Morgan fingerprint density at radius 3 is 1.76 bits per heavy atom. The normalized spacial score (nSPS) is 14.4. The molecule has 0 saturated carbocycles. The summed E-state index contributed by atoms with van der Waals surface area (Å²) in [5.41, 5.74) is 7.89. The molecule has 29 heavy (non-hydrogen) atoms. The molecule has 4 rings (SSSR count). The lowest BCUT2D eigenvalue weighted by molar-refractivity contribution is 0.248. The van der Waals surface area contributed by atoms with E-state index < -0.39 is 0 Å². The van der Waals surface area contributed by atoms with E-state index >= 15 is 0 Å². The monoisotopic (exact) mass is 383 g/mol. The largest absolute Gasteiger partial charge is 0.370 e. The molecular weight excluding hydrogens is 360 g/mol. The molecule has 5 nitrogen and oxygen atoms in total. The first-order valence-electron chi connectivity index (χ1n) is 9.59. The standard InChI is InChI=1S/C24H23N4O/c1-24(2,3)22-25-27(20-12-8-5-9-13-20)23(29)28(26-22)21-16-14-19(15-17-21)18-10-6-4-7-11-18/h4-17H,1-3H3. The van der Waals surface area contributed by atoms with Gasteiger partial charge in [-0.05, 0) is 35.4 Å². The SMILES string of the molecule is CC(C)(C)C1=NN(c2ccccc2)C(=O)N(c2ccc(-c3ccccc3)cc2)[N]1. The van der Waals surface area contributed by atoms with Crippen LogP contribution in [0.4, 0.5) is 16.2 Å². The van der Waals surface area contributed by atoms with E-state index in [0.29, 0.717) is 17.2 Å². The molecular formula is C24H23N4O. The Hall–Kier alpha value is -3.60. The van der Waals surface area contributed by atoms with Gasteiger partial charge in [0.1, 0.15) is 0 Å². The van der Waals surface area contributed by atoms with Gasteiger partial charge < -0.3 is 0 Å². The quantitative estimate of drug-likeness (QED) is 0.574. The van der Waals surface area contributed by atoms with Crippen LogP contribution in [-0.2, 0) is 0 Å². The van der Waals surface area contributed by atoms with E-state index in [1.807, 2.05) is 93.6 Å². The summed E-state index contributed by atoms with van der Waals surface area (Å²) < 4.78 is 0. The lowest BCUT2D eigenvalue weighted by Gasteiger charge is -2.35. The van der Waals surface area contributed by atoms with Gasteiger partial charge in [-0.3, -0.25) is 0 Å². The summed E-state index contributed by atoms with van der Waals surface area (Å²) in [6.45, 7) is 6.10. The van der Waals surface area contributed by atoms with Gasteiger partial charge in [0.05, 0.1) is 11.4 Å². The highest BCUT2D eigenvalue weighted by Crippen LogP contribution is 2.29. The molecule has 0 N–H and O–H groups in total. The molecule has 0 saturated heterocycles. The summed E-state index contributed by atoms with van der Waals surface area (Å²) in [5.74, 6) is 0.591. The first kappa shape index (κ1) is 18.7. The van der Waals surface area contributed by atoms with Crippen molar-refractivity contribution < 1.29 is 4.79 Å². The van der Waals surface area contributed by atoms with Crippen LogP contribution in [0.3, 0.4) is 0 Å². The van der Waals surface area contributed by atoms with Crippen LogP contribution in [0.5, 0.6) is 0 Å². The number of anilines is 2. The number of amides is 2. The smallest absolute Gasteiger partial charge is 0.244 e. The van der Waals surface area contributed by atoms with Gasteiger partial charge in [0.15, 0.2) is 5.84 Å². The van der Waals surface area contributed by atoms with Crippen LogP contribution in [0.15, 0.2) is 90.0 Å². The fraction of sp³-hybridized carbons (Fsp3) is 0.167. The van der Waals surface area contributed by atoms with Crippen LogP contribution in [-0.4, -0.2) is 11.9 Å². The predicted octanol–water partition coefficient (Wildman–Crippen LogP) is 5.68. The number of urea groups is 1. The number of carbonyl (C=O) groups is 1. The maximum Gasteiger partial charge on any atom is 0.370 e. The molecule has 1 radical (unpaired) electrons. The van der Waals surface area contributed by atoms with E-state index in [0.717, 1.165) is 11.1 Å². The minimum Gasteiger partial charge on any atom is -0.244 e. The van der Waals surface area contributed by atoms with E-state index in [-0.39, 0.29) is 11.4 Å². The van der Waals surface area contributed by atoms with Crippen LogP contribution in [0.1, 0.15) is 20.8 Å². The second-order valence-electron chi connectivity index (χ2n) is 7.93. The molecule has 145 valence electrons. The van der Waals surface area contributed by atoms with Gasteiger partial charge >= 0.3 is 6.03 Å². The topological polar surface area (TPSA) is 50.0 Å². The Bertz CT molecular complexity index is 1020. The lowest BCUT2D eigenvalue weighted by atomic mass is 9.95. The van der Waals surface area contributed by atoms with Gasteiger partial charge in [0.2, 0.25) is 0 Å². The predicted molar refractivity (Wildman–Crippen MR) is 118 cm³/mol. The van der Waals surface area contributed by atoms with Crippen LogP contribution in [0.2, 0.25) is 0 Å². The van der Waals surface area contributed by atoms with E-state index in [4.69, 9.17) is 0 Å². The van der Waals surface area contributed by atoms with E-state index in [1.54, 1.807) is 0 Å². The van der Waals surface area contributed by atoms with Crippen molar-refractivity contribution in [1.82, 2.24) is 5.43 Å². The minimum absolute atomic E-state index is 0.309. The fourth-order valence-corrected chi connectivity index (χ4v) is 3.02. The number of rotatable bonds is 3. The van der Waals surface area contributed by atoms with Gasteiger partial charge in [0, 0.05) is 5.41 Å². The van der Waals surface area contributed by atoms with Crippen molar-refractivity contribution in [3.8, 4) is 11.1 Å². The molecule has 2 amide bonds. The van der Waals surface area contributed by atoms with Gasteiger partial charge in [0.25, 0.3) is 0 Å². The number of hydrogen-bond donors (Lipinski definition) is 0. The Labute approximate surface area is 171 Å². The number of benzene rings is 3. The highest BCUT2D eigenvalue weighted by atomic mass is 16.2. The lowest BCUT2D eigenvalue weighted by Crippen LogP contribution is -2.55. The summed E-state index contributed by atoms with van der Waals surface area (Å²) in [7, 11) is 0. The van der Waals surface area contributed by atoms with Crippen molar-refractivity contribution >= 4 is 23.2 Å². The molecule has 3 aromatic carbocycles. The van der Waals surface area contributed by atoms with Crippen LogP contribution >= 0.6 is 0 Å². The number of nitrogens with zero attached hydrogens (tertiary/aromatic N) is 4. The highest BCUT2D eigenvalue weighted by Gasteiger charge is 2.36. The number of hydrogen-bond acceptors (Lipinski definition) is 2. The van der Waals surface area contributed by atoms with Crippen LogP contribution < -0.4 is 15.4 Å². The molecule has 0 bridgehead atoms. The van der Waals surface area contributed by atoms with Gasteiger partial charge in [-0.25, -0.2) is 4.79 Å². The molecule has 0 aromatic heterocycles. The van der Waals surface area contributed by atoms with E-state index in [2.05, 4.69) is 22.7 Å². The zero-order valence-corrected chi connectivity index (χ0v) is 16.8. The average molecular weight is 383 g/mol. The molecule has 3 aromatic rings. The summed E-state index contributed by atoms with van der Waals surface area (Å²) >= 11 is 0. The molecule has 0 unspecified atom stereocenters. The zero-order chi connectivity index (χ0) is 20.4. The summed E-state index contributed by atoms with van der Waals surface area (Å²) in [4.78, 5) is 13.2. The van der Waals surface area contributed by atoms with Gasteiger partial charge in [-0.1, -0.05) is 81.4 Å².